The van der Waals surface area contributed by atoms with E-state index in [4.69, 9.17) is 16.3 Å². The number of nitrogens with zero attached hydrogens (tertiary/aromatic N) is 4. The Kier molecular flexibility index (Phi) is 7.13. The second kappa shape index (κ2) is 10.2. The normalized spacial score (nSPS) is 10.2. The Balaban J connectivity index is 1.87. The second-order valence-corrected chi connectivity index (χ2v) is 6.75. The number of halogens is 1. The van der Waals surface area contributed by atoms with E-state index in [2.05, 4.69) is 26.1 Å². The number of esters is 1. The van der Waals surface area contributed by atoms with Crippen molar-refractivity contribution in [2.45, 2.75) is 0 Å². The van der Waals surface area contributed by atoms with Gasteiger partial charge in [-0.2, -0.15) is 0 Å². The third kappa shape index (κ3) is 5.13. The number of ether oxygens (including phenoxy) is 1. The van der Waals surface area contributed by atoms with Gasteiger partial charge in [-0.25, -0.2) is 14.8 Å². The molecule has 0 spiro atoms. The first-order valence-corrected chi connectivity index (χ1v) is 9.54. The number of benzene rings is 2. The van der Waals surface area contributed by atoms with Gasteiger partial charge in [0.25, 0.3) is 11.6 Å². The van der Waals surface area contributed by atoms with Crippen LogP contribution in [0.5, 0.6) is 0 Å². The minimum atomic E-state index is -0.849. The van der Waals surface area contributed by atoms with Crippen LogP contribution in [0.2, 0.25) is 5.02 Å². The first-order valence-electron chi connectivity index (χ1n) is 9.17. The van der Waals surface area contributed by atoms with E-state index in [9.17, 15) is 29.8 Å². The number of anilines is 3. The number of nitro benzene ring substituents is 1. The monoisotopic (exact) mass is 487 g/mol. The van der Waals surface area contributed by atoms with Crippen molar-refractivity contribution in [1.29, 1.82) is 0 Å². The van der Waals surface area contributed by atoms with E-state index >= 15 is 0 Å². The van der Waals surface area contributed by atoms with Gasteiger partial charge < -0.3 is 10.1 Å². The average molecular weight is 488 g/mol. The summed E-state index contributed by atoms with van der Waals surface area (Å²) in [6.45, 7) is 0. The van der Waals surface area contributed by atoms with Gasteiger partial charge in [0.2, 0.25) is 11.6 Å². The molecule has 0 bridgehead atoms. The van der Waals surface area contributed by atoms with Crippen molar-refractivity contribution in [1.82, 2.24) is 15.4 Å². The number of nitro groups is 2. The molecule has 2 aromatic carbocycles. The number of carbonyl (C=O) groups is 2. The maximum atomic E-state index is 12.4. The number of para-hydroxylation sites is 1. The largest absolute Gasteiger partial charge is 0.465 e. The first kappa shape index (κ1) is 23.8. The molecule has 0 saturated carbocycles. The fourth-order valence-corrected chi connectivity index (χ4v) is 2.91. The quantitative estimate of drug-likeness (QED) is 0.240. The zero-order valence-corrected chi connectivity index (χ0v) is 17.9. The number of hydrazine groups is 1. The molecule has 0 aliphatic heterocycles. The Labute approximate surface area is 195 Å². The summed E-state index contributed by atoms with van der Waals surface area (Å²) in [4.78, 5) is 53.2. The van der Waals surface area contributed by atoms with E-state index in [1.807, 2.05) is 0 Å². The van der Waals surface area contributed by atoms with Gasteiger partial charge in [0.05, 0.1) is 28.2 Å². The van der Waals surface area contributed by atoms with E-state index in [1.165, 1.54) is 31.4 Å². The molecule has 3 aromatic rings. The average Bonchev–Trinajstić information content (AvgIpc) is 2.82. The molecule has 3 N–H and O–H groups in total. The van der Waals surface area contributed by atoms with Gasteiger partial charge in [0, 0.05) is 11.6 Å². The van der Waals surface area contributed by atoms with Crippen LogP contribution in [-0.4, -0.2) is 38.8 Å². The van der Waals surface area contributed by atoms with Gasteiger partial charge in [-0.15, -0.1) is 0 Å². The minimum absolute atomic E-state index is 0.102. The predicted octanol–water partition coefficient (Wildman–Crippen LogP) is 3.23. The summed E-state index contributed by atoms with van der Waals surface area (Å²) in [5, 5.41) is 25.3. The molecule has 14 nitrogen and oxygen atoms in total. The number of methoxy groups -OCH3 is 1. The highest BCUT2D eigenvalue weighted by Crippen LogP contribution is 2.32. The molecule has 1 aromatic heterocycles. The summed E-state index contributed by atoms with van der Waals surface area (Å²) in [5.41, 5.74) is 3.49. The number of amides is 1. The molecule has 0 unspecified atom stereocenters. The molecular weight excluding hydrogens is 474 g/mol. The Morgan fingerprint density at radius 2 is 1.74 bits per heavy atom. The third-order valence-electron chi connectivity index (χ3n) is 4.29. The van der Waals surface area contributed by atoms with Crippen LogP contribution in [0.3, 0.4) is 0 Å². The van der Waals surface area contributed by atoms with Crippen LogP contribution in [0, 0.1) is 20.2 Å². The van der Waals surface area contributed by atoms with Gasteiger partial charge in [0.15, 0.2) is 0 Å². The molecule has 0 atom stereocenters. The molecule has 0 aliphatic rings. The summed E-state index contributed by atoms with van der Waals surface area (Å²) >= 11 is 5.73. The van der Waals surface area contributed by atoms with Gasteiger partial charge in [-0.1, -0.05) is 23.7 Å². The van der Waals surface area contributed by atoms with Gasteiger partial charge >= 0.3 is 11.7 Å². The van der Waals surface area contributed by atoms with Gasteiger partial charge in [-0.05, 0) is 24.3 Å². The smallest absolute Gasteiger partial charge is 0.355 e. The number of hydrogen-bond acceptors (Lipinski definition) is 11. The summed E-state index contributed by atoms with van der Waals surface area (Å²) in [6, 6.07) is 9.46. The van der Waals surface area contributed by atoms with E-state index < -0.39 is 38.9 Å². The Bertz CT molecular complexity index is 1300. The van der Waals surface area contributed by atoms with Gasteiger partial charge in [0.1, 0.15) is 11.3 Å². The fraction of sp³-hybridized carbons (Fsp3) is 0.0526. The van der Waals surface area contributed by atoms with E-state index in [0.717, 1.165) is 12.4 Å². The lowest BCUT2D eigenvalue weighted by molar-refractivity contribution is -0.384. The Hall–Kier alpha value is -4.85. The number of aromatic nitrogens is 2. The lowest BCUT2D eigenvalue weighted by atomic mass is 10.2. The topological polar surface area (TPSA) is 192 Å². The molecule has 174 valence electrons. The van der Waals surface area contributed by atoms with Crippen molar-refractivity contribution in [2.24, 2.45) is 0 Å². The molecule has 0 aliphatic carbocycles. The summed E-state index contributed by atoms with van der Waals surface area (Å²) < 4.78 is 4.70. The molecule has 3 rings (SSSR count). The van der Waals surface area contributed by atoms with Gasteiger partial charge in [-0.3, -0.25) is 35.9 Å². The van der Waals surface area contributed by atoms with Crippen molar-refractivity contribution >= 4 is 52.2 Å². The van der Waals surface area contributed by atoms with Crippen molar-refractivity contribution in [2.75, 3.05) is 17.9 Å². The minimum Gasteiger partial charge on any atom is -0.465 e. The Morgan fingerprint density at radius 3 is 2.41 bits per heavy atom. The zero-order chi connectivity index (χ0) is 24.8. The van der Waals surface area contributed by atoms with Crippen molar-refractivity contribution in [3.05, 3.63) is 85.2 Å². The summed E-state index contributed by atoms with van der Waals surface area (Å²) in [7, 11) is 1.19. The lowest BCUT2D eigenvalue weighted by Gasteiger charge is -2.12. The lowest BCUT2D eigenvalue weighted by Crippen LogP contribution is -2.30. The molecule has 0 radical (unpaired) electrons. The molecule has 1 amide bonds. The van der Waals surface area contributed by atoms with Crippen LogP contribution in [-0.2, 0) is 4.74 Å². The molecule has 1 heterocycles. The highest BCUT2D eigenvalue weighted by atomic mass is 35.5. The summed E-state index contributed by atoms with van der Waals surface area (Å²) in [5.74, 6) is -2.20. The first-order chi connectivity index (χ1) is 16.2. The third-order valence-corrected chi connectivity index (χ3v) is 4.61. The highest BCUT2D eigenvalue weighted by molar-refractivity contribution is 6.32. The van der Waals surface area contributed by atoms with Crippen LogP contribution in [0.15, 0.2) is 48.8 Å². The van der Waals surface area contributed by atoms with Crippen molar-refractivity contribution in [3.63, 3.8) is 0 Å². The molecular formula is C19H14ClN7O7. The molecule has 0 fully saturated rings. The molecule has 15 heteroatoms. The number of nitrogens with one attached hydrogen (secondary N) is 3. The second-order valence-electron chi connectivity index (χ2n) is 6.34. The van der Waals surface area contributed by atoms with Crippen LogP contribution in [0.1, 0.15) is 20.7 Å². The van der Waals surface area contributed by atoms with Crippen LogP contribution >= 0.6 is 11.6 Å². The fourth-order valence-electron chi connectivity index (χ4n) is 2.72. The van der Waals surface area contributed by atoms with E-state index in [1.54, 1.807) is 12.1 Å². The molecule has 0 saturated heterocycles. The summed E-state index contributed by atoms with van der Waals surface area (Å²) in [6.07, 6.45) is 0.984. The number of hydrogen-bond donors (Lipinski definition) is 3. The highest BCUT2D eigenvalue weighted by Gasteiger charge is 2.25. The Morgan fingerprint density at radius 1 is 1.03 bits per heavy atom. The SMILES string of the molecule is COC(=O)c1ccccc1Nc1ncnc(NNC(=O)c2ccc(Cl)c([N+](=O)[O-])c2)c1[N+](=O)[O-]. The van der Waals surface area contributed by atoms with E-state index in [-0.39, 0.29) is 27.7 Å². The van der Waals surface area contributed by atoms with Crippen molar-refractivity contribution < 1.29 is 24.2 Å². The number of carbonyl (C=O) groups excluding carboxylic acids is 2. The standard InChI is InChI=1S/C19H14ClN7O7/c1-34-19(29)11-4-2-3-5-13(11)23-16-15(27(32)33)17(22-9-21-16)24-25-18(28)10-6-7-12(20)14(8-10)26(30)31/h2-9H,1H3,(H,25,28)(H2,21,22,23,24). The predicted molar refractivity (Wildman–Crippen MR) is 119 cm³/mol. The van der Waals surface area contributed by atoms with E-state index in [0.29, 0.717) is 0 Å². The number of rotatable bonds is 8. The maximum Gasteiger partial charge on any atom is 0.355 e. The van der Waals surface area contributed by atoms with Crippen LogP contribution in [0.25, 0.3) is 0 Å². The maximum absolute atomic E-state index is 12.4. The zero-order valence-electron chi connectivity index (χ0n) is 17.1. The van der Waals surface area contributed by atoms with Crippen LogP contribution in [0.4, 0.5) is 28.7 Å². The van der Waals surface area contributed by atoms with Crippen molar-refractivity contribution in [3.8, 4) is 0 Å². The molecule has 34 heavy (non-hydrogen) atoms. The van der Waals surface area contributed by atoms with Crippen LogP contribution < -0.4 is 16.2 Å².